The average molecular weight is 336 g/mol. The van der Waals surface area contributed by atoms with Crippen LogP contribution in [0.1, 0.15) is 30.4 Å². The van der Waals surface area contributed by atoms with Gasteiger partial charge < -0.3 is 4.74 Å². The molecule has 1 aliphatic rings. The van der Waals surface area contributed by atoms with Crippen LogP contribution in [0.25, 0.3) is 0 Å². The van der Waals surface area contributed by atoms with Crippen LogP contribution in [0.3, 0.4) is 0 Å². The maximum atomic E-state index is 12.4. The van der Waals surface area contributed by atoms with Crippen LogP contribution in [0.2, 0.25) is 0 Å². The molecule has 0 radical (unpaired) electrons. The van der Waals surface area contributed by atoms with E-state index in [1.807, 2.05) is 0 Å². The molecule has 1 heterocycles. The van der Waals surface area contributed by atoms with Crippen LogP contribution in [-0.4, -0.2) is 33.2 Å². The molecule has 122 valence electrons. The van der Waals surface area contributed by atoms with Crippen LogP contribution in [0.5, 0.6) is 5.75 Å². The molecule has 0 saturated carbocycles. The quantitative estimate of drug-likeness (QED) is 0.848. The van der Waals surface area contributed by atoms with Crippen molar-refractivity contribution in [2.24, 2.45) is 0 Å². The fourth-order valence-electron chi connectivity index (χ4n) is 2.39. The predicted molar refractivity (Wildman–Crippen MR) is 72.8 cm³/mol. The lowest BCUT2D eigenvalue weighted by Gasteiger charge is -2.17. The molecule has 1 atom stereocenters. The van der Waals surface area contributed by atoms with Crippen LogP contribution < -0.4 is 4.74 Å². The molecule has 0 spiro atoms. The number of rotatable bonds is 4. The first-order valence-electron chi connectivity index (χ1n) is 6.60. The Bertz CT molecular complexity index is 708. The lowest BCUT2D eigenvalue weighted by molar-refractivity contribution is -0.171. The third-order valence-electron chi connectivity index (χ3n) is 3.55. The molecule has 1 unspecified atom stereocenters. The summed E-state index contributed by atoms with van der Waals surface area (Å²) in [5.41, 5.74) is 0.970. The summed E-state index contributed by atoms with van der Waals surface area (Å²) in [4.78, 5) is 11.2. The summed E-state index contributed by atoms with van der Waals surface area (Å²) in [6.07, 6.45) is -4.12. The summed E-state index contributed by atoms with van der Waals surface area (Å²) in [6.45, 7) is 1.79. The molecule has 0 bridgehead atoms. The normalized spacial score (nSPS) is 16.0. The molecule has 0 aliphatic carbocycles. The second-order valence-electron chi connectivity index (χ2n) is 5.40. The first kappa shape index (κ1) is 16.8. The number of ketones is 1. The highest BCUT2D eigenvalue weighted by atomic mass is 32.2. The van der Waals surface area contributed by atoms with Crippen molar-refractivity contribution in [1.82, 2.24) is 0 Å². The van der Waals surface area contributed by atoms with Crippen molar-refractivity contribution >= 4 is 15.6 Å². The second-order valence-corrected chi connectivity index (χ2v) is 7.41. The second kappa shape index (κ2) is 5.57. The minimum atomic E-state index is -4.90. The molecule has 0 amide bonds. The third kappa shape index (κ3) is 3.43. The van der Waals surface area contributed by atoms with E-state index in [9.17, 15) is 26.4 Å². The molecule has 4 nitrogen and oxygen atoms in total. The predicted octanol–water partition coefficient (Wildman–Crippen LogP) is 2.65. The minimum Gasteiger partial charge on any atom is -0.493 e. The SMILES string of the molecule is CC(CC(=O)C(F)(F)F)c1cc(S(C)(=O)=O)cc2c1OCC2. The Labute approximate surface area is 126 Å². The van der Waals surface area contributed by atoms with E-state index in [-0.39, 0.29) is 4.90 Å². The van der Waals surface area contributed by atoms with Crippen LogP contribution in [0.15, 0.2) is 17.0 Å². The van der Waals surface area contributed by atoms with Gasteiger partial charge in [0.1, 0.15) is 5.75 Å². The summed E-state index contributed by atoms with van der Waals surface area (Å²) in [5.74, 6) is -2.23. The van der Waals surface area contributed by atoms with Crippen molar-refractivity contribution in [2.45, 2.75) is 36.8 Å². The molecule has 8 heteroatoms. The van der Waals surface area contributed by atoms with E-state index in [1.54, 1.807) is 0 Å². The molecule has 22 heavy (non-hydrogen) atoms. The average Bonchev–Trinajstić information content (AvgIpc) is 2.83. The van der Waals surface area contributed by atoms with Gasteiger partial charge in [0.05, 0.1) is 11.5 Å². The van der Waals surface area contributed by atoms with Gasteiger partial charge in [-0.2, -0.15) is 13.2 Å². The van der Waals surface area contributed by atoms with Crippen molar-refractivity contribution < 1.29 is 31.1 Å². The number of hydrogen-bond donors (Lipinski definition) is 0. The van der Waals surface area contributed by atoms with Crippen molar-refractivity contribution in [1.29, 1.82) is 0 Å². The van der Waals surface area contributed by atoms with Gasteiger partial charge >= 0.3 is 6.18 Å². The van der Waals surface area contributed by atoms with E-state index in [0.29, 0.717) is 29.9 Å². The zero-order chi connectivity index (χ0) is 16.7. The van der Waals surface area contributed by atoms with E-state index in [0.717, 1.165) is 6.26 Å². The van der Waals surface area contributed by atoms with E-state index >= 15 is 0 Å². The zero-order valence-electron chi connectivity index (χ0n) is 12.0. The van der Waals surface area contributed by atoms with E-state index < -0.39 is 34.1 Å². The first-order chi connectivity index (χ1) is 10.00. The molecule has 0 N–H and O–H groups in total. The van der Waals surface area contributed by atoms with Gasteiger partial charge in [-0.15, -0.1) is 0 Å². The maximum absolute atomic E-state index is 12.4. The number of halogens is 3. The molecule has 1 aromatic carbocycles. The van der Waals surface area contributed by atoms with E-state index in [4.69, 9.17) is 4.74 Å². The summed E-state index contributed by atoms with van der Waals surface area (Å²) in [6, 6.07) is 2.77. The van der Waals surface area contributed by atoms with Gasteiger partial charge in [-0.25, -0.2) is 8.42 Å². The number of fused-ring (bicyclic) bond motifs is 1. The fourth-order valence-corrected chi connectivity index (χ4v) is 3.09. The van der Waals surface area contributed by atoms with Crippen molar-refractivity contribution in [3.63, 3.8) is 0 Å². The standard InChI is InChI=1S/C14H15F3O4S/c1-8(5-12(18)14(15,16)17)11-7-10(22(2,19)20)6-9-3-4-21-13(9)11/h6-8H,3-5H2,1-2H3. The Morgan fingerprint density at radius 1 is 1.36 bits per heavy atom. The van der Waals surface area contributed by atoms with E-state index in [1.165, 1.54) is 19.1 Å². The molecule has 2 rings (SSSR count). The highest BCUT2D eigenvalue weighted by Gasteiger charge is 2.39. The Morgan fingerprint density at radius 3 is 2.55 bits per heavy atom. The molecular formula is C14H15F3O4S. The van der Waals surface area contributed by atoms with Crippen LogP contribution in [0.4, 0.5) is 13.2 Å². The van der Waals surface area contributed by atoms with Crippen LogP contribution >= 0.6 is 0 Å². The largest absolute Gasteiger partial charge is 0.493 e. The van der Waals surface area contributed by atoms with Gasteiger partial charge in [-0.1, -0.05) is 6.92 Å². The van der Waals surface area contributed by atoms with Gasteiger partial charge in [0.15, 0.2) is 9.84 Å². The maximum Gasteiger partial charge on any atom is 0.449 e. The highest BCUT2D eigenvalue weighted by Crippen LogP contribution is 2.38. The Morgan fingerprint density at radius 2 is 2.00 bits per heavy atom. The molecular weight excluding hydrogens is 321 g/mol. The number of carbonyl (C=O) groups is 1. The minimum absolute atomic E-state index is 0.0260. The Balaban J connectivity index is 2.42. The van der Waals surface area contributed by atoms with Crippen molar-refractivity contribution in [2.75, 3.05) is 12.9 Å². The molecule has 0 aromatic heterocycles. The molecule has 0 saturated heterocycles. The van der Waals surface area contributed by atoms with Crippen molar-refractivity contribution in [3.8, 4) is 5.75 Å². The summed E-state index contributed by atoms with van der Waals surface area (Å²) in [7, 11) is -3.50. The third-order valence-corrected chi connectivity index (χ3v) is 4.64. The zero-order valence-corrected chi connectivity index (χ0v) is 12.8. The van der Waals surface area contributed by atoms with Gasteiger partial charge in [-0.3, -0.25) is 4.79 Å². The number of alkyl halides is 3. The number of carbonyl (C=O) groups excluding carboxylic acids is 1. The van der Waals surface area contributed by atoms with Gasteiger partial charge in [0.25, 0.3) is 0 Å². The lowest BCUT2D eigenvalue weighted by Crippen LogP contribution is -2.24. The summed E-state index contributed by atoms with van der Waals surface area (Å²) in [5, 5.41) is 0. The van der Waals surface area contributed by atoms with Gasteiger partial charge in [0.2, 0.25) is 5.78 Å². The van der Waals surface area contributed by atoms with E-state index in [2.05, 4.69) is 0 Å². The summed E-state index contributed by atoms with van der Waals surface area (Å²) >= 11 is 0. The fraction of sp³-hybridized carbons (Fsp3) is 0.500. The number of hydrogen-bond acceptors (Lipinski definition) is 4. The lowest BCUT2D eigenvalue weighted by atomic mass is 9.93. The number of benzene rings is 1. The Hall–Kier alpha value is -1.57. The van der Waals surface area contributed by atoms with Gasteiger partial charge in [-0.05, 0) is 29.2 Å². The monoisotopic (exact) mass is 336 g/mol. The topological polar surface area (TPSA) is 60.4 Å². The van der Waals surface area contributed by atoms with Crippen LogP contribution in [-0.2, 0) is 21.1 Å². The molecule has 0 fully saturated rings. The molecule has 1 aliphatic heterocycles. The summed E-state index contributed by atoms with van der Waals surface area (Å²) < 4.78 is 66.0. The first-order valence-corrected chi connectivity index (χ1v) is 8.49. The van der Waals surface area contributed by atoms with Gasteiger partial charge in [0, 0.05) is 19.1 Å². The number of ether oxygens (including phenoxy) is 1. The number of sulfone groups is 1. The number of Topliss-reactive ketones (excluding diaryl/α,β-unsaturated/α-hetero) is 1. The molecule has 1 aromatic rings. The Kier molecular flexibility index (Phi) is 4.25. The highest BCUT2D eigenvalue weighted by molar-refractivity contribution is 7.90. The van der Waals surface area contributed by atoms with Crippen LogP contribution in [0, 0.1) is 0 Å². The van der Waals surface area contributed by atoms with Crippen molar-refractivity contribution in [3.05, 3.63) is 23.3 Å². The smallest absolute Gasteiger partial charge is 0.449 e.